The average Bonchev–Trinajstić information content (AvgIpc) is 2.66. The summed E-state index contributed by atoms with van der Waals surface area (Å²) in [5, 5.41) is 15.1. The summed E-state index contributed by atoms with van der Waals surface area (Å²) in [6.45, 7) is 2.46. The third-order valence-corrected chi connectivity index (χ3v) is 5.41. The van der Waals surface area contributed by atoms with Crippen molar-refractivity contribution >= 4 is 40.6 Å². The highest BCUT2D eigenvalue weighted by Crippen LogP contribution is 2.25. The van der Waals surface area contributed by atoms with Crippen molar-refractivity contribution < 1.29 is 9.72 Å². The molecule has 1 aliphatic rings. The number of aromatic nitrogens is 1. The maximum absolute atomic E-state index is 11.6. The predicted molar refractivity (Wildman–Crippen MR) is 108 cm³/mol. The first-order valence-electron chi connectivity index (χ1n) is 8.70. The van der Waals surface area contributed by atoms with Gasteiger partial charge in [0.1, 0.15) is 12.0 Å². The minimum atomic E-state index is -0.754. The largest absolute Gasteiger partial charge is 0.367 e. The van der Waals surface area contributed by atoms with E-state index in [0.29, 0.717) is 10.0 Å². The Morgan fingerprint density at radius 1 is 1.29 bits per heavy atom. The highest BCUT2D eigenvalue weighted by atomic mass is 35.5. The number of pyridine rings is 1. The fourth-order valence-corrected chi connectivity index (χ4v) is 3.50. The third kappa shape index (κ3) is 4.89. The van der Waals surface area contributed by atoms with Crippen molar-refractivity contribution in [2.24, 2.45) is 5.73 Å². The zero-order chi connectivity index (χ0) is 20.3. The summed E-state index contributed by atoms with van der Waals surface area (Å²) in [5.41, 5.74) is 6.19. The molecule has 0 spiro atoms. The Hall–Kier alpha value is -2.42. The molecule has 10 heteroatoms. The van der Waals surface area contributed by atoms with Crippen LogP contribution in [0.15, 0.2) is 30.5 Å². The number of nitro groups is 1. The Kier molecular flexibility index (Phi) is 6.33. The number of carbonyl (C=O) groups excluding carboxylic acids is 1. The summed E-state index contributed by atoms with van der Waals surface area (Å²) in [6, 6.07) is 6.86. The van der Waals surface area contributed by atoms with Crippen LogP contribution in [0.2, 0.25) is 10.0 Å². The molecular weight excluding hydrogens is 405 g/mol. The van der Waals surface area contributed by atoms with Gasteiger partial charge < -0.3 is 11.1 Å². The maximum Gasteiger partial charge on any atom is 0.288 e. The number of primary amides is 1. The van der Waals surface area contributed by atoms with E-state index in [1.165, 1.54) is 0 Å². The number of amides is 1. The van der Waals surface area contributed by atoms with Gasteiger partial charge in [-0.3, -0.25) is 19.8 Å². The van der Waals surface area contributed by atoms with Gasteiger partial charge in [0.15, 0.2) is 0 Å². The number of nitrogens with one attached hydrogen (secondary N) is 1. The summed E-state index contributed by atoms with van der Waals surface area (Å²) in [7, 11) is 0. The van der Waals surface area contributed by atoms with Crippen molar-refractivity contribution in [3.63, 3.8) is 0 Å². The number of nitrogens with zero attached hydrogens (tertiary/aromatic N) is 3. The molecule has 28 heavy (non-hydrogen) atoms. The number of rotatable bonds is 6. The molecule has 0 aliphatic carbocycles. The molecule has 1 aromatic heterocycles. The standard InChI is InChI=1S/C18H19Cl2N5O3/c19-15-2-1-11(7-16(15)20)10-24-5-3-12(4-6-24)23-18-14(17(21)26)8-13(9-22-18)25(27)28/h1-2,7-9,12H,3-6,10H2,(H2,21,26)(H,22,23). The lowest BCUT2D eigenvalue weighted by Crippen LogP contribution is -2.39. The summed E-state index contributed by atoms with van der Waals surface area (Å²) >= 11 is 12.0. The van der Waals surface area contributed by atoms with Crippen LogP contribution in [-0.4, -0.2) is 39.8 Å². The van der Waals surface area contributed by atoms with Gasteiger partial charge >= 0.3 is 0 Å². The van der Waals surface area contributed by atoms with Gasteiger partial charge in [-0.15, -0.1) is 0 Å². The molecule has 2 heterocycles. The second-order valence-corrected chi connectivity index (χ2v) is 7.47. The number of piperidine rings is 1. The normalized spacial score (nSPS) is 15.4. The molecule has 0 bridgehead atoms. The number of halogens is 2. The van der Waals surface area contributed by atoms with E-state index in [9.17, 15) is 14.9 Å². The fourth-order valence-electron chi connectivity index (χ4n) is 3.18. The molecule has 148 valence electrons. The molecular formula is C18H19Cl2N5O3. The van der Waals surface area contributed by atoms with Gasteiger partial charge in [0.05, 0.1) is 20.5 Å². The lowest BCUT2D eigenvalue weighted by Gasteiger charge is -2.32. The van der Waals surface area contributed by atoms with Gasteiger partial charge in [-0.05, 0) is 30.5 Å². The van der Waals surface area contributed by atoms with Gasteiger partial charge in [-0.2, -0.15) is 0 Å². The molecule has 1 aromatic carbocycles. The molecule has 1 aliphatic heterocycles. The molecule has 2 aromatic rings. The number of hydrogen-bond acceptors (Lipinski definition) is 6. The van der Waals surface area contributed by atoms with E-state index in [2.05, 4.69) is 15.2 Å². The first kappa shape index (κ1) is 20.3. The zero-order valence-electron chi connectivity index (χ0n) is 14.9. The number of nitrogens with two attached hydrogens (primary N) is 1. The van der Waals surface area contributed by atoms with Crippen LogP contribution in [0.25, 0.3) is 0 Å². The lowest BCUT2D eigenvalue weighted by atomic mass is 10.0. The summed E-state index contributed by atoms with van der Waals surface area (Å²) in [4.78, 5) is 28.2. The lowest BCUT2D eigenvalue weighted by molar-refractivity contribution is -0.385. The minimum absolute atomic E-state index is 0.0208. The van der Waals surface area contributed by atoms with E-state index < -0.39 is 10.8 Å². The van der Waals surface area contributed by atoms with E-state index in [0.717, 1.165) is 50.3 Å². The zero-order valence-corrected chi connectivity index (χ0v) is 16.4. The number of hydrogen-bond donors (Lipinski definition) is 2. The van der Waals surface area contributed by atoms with Crippen LogP contribution < -0.4 is 11.1 Å². The maximum atomic E-state index is 11.6. The minimum Gasteiger partial charge on any atom is -0.367 e. The molecule has 0 atom stereocenters. The van der Waals surface area contributed by atoms with Crippen molar-refractivity contribution in [2.45, 2.75) is 25.4 Å². The Morgan fingerprint density at radius 3 is 2.61 bits per heavy atom. The summed E-state index contributed by atoms with van der Waals surface area (Å²) < 4.78 is 0. The third-order valence-electron chi connectivity index (χ3n) is 4.67. The van der Waals surface area contributed by atoms with Crippen LogP contribution in [0.1, 0.15) is 28.8 Å². The number of anilines is 1. The van der Waals surface area contributed by atoms with Crippen LogP contribution in [0.3, 0.4) is 0 Å². The van der Waals surface area contributed by atoms with Gasteiger partial charge in [-0.25, -0.2) is 4.98 Å². The second kappa shape index (κ2) is 8.72. The van der Waals surface area contributed by atoms with Crippen LogP contribution in [-0.2, 0) is 6.54 Å². The highest BCUT2D eigenvalue weighted by molar-refractivity contribution is 6.42. The van der Waals surface area contributed by atoms with Gasteiger partial charge in [0, 0.05) is 31.7 Å². The SMILES string of the molecule is NC(=O)c1cc([N+](=O)[O-])cnc1NC1CCN(Cc2ccc(Cl)c(Cl)c2)CC1. The van der Waals surface area contributed by atoms with Crippen LogP contribution in [0, 0.1) is 10.1 Å². The molecule has 0 saturated carbocycles. The summed E-state index contributed by atoms with van der Waals surface area (Å²) in [6.07, 6.45) is 2.78. The quantitative estimate of drug-likeness (QED) is 0.542. The fraction of sp³-hybridized carbons (Fsp3) is 0.333. The van der Waals surface area contributed by atoms with E-state index in [1.807, 2.05) is 12.1 Å². The van der Waals surface area contributed by atoms with E-state index in [4.69, 9.17) is 28.9 Å². The average molecular weight is 424 g/mol. The van der Waals surface area contributed by atoms with Crippen LogP contribution in [0.5, 0.6) is 0 Å². The molecule has 1 saturated heterocycles. The number of likely N-dealkylation sites (tertiary alicyclic amines) is 1. The Labute approximate surface area is 171 Å². The van der Waals surface area contributed by atoms with Gasteiger partial charge in [0.25, 0.3) is 11.6 Å². The predicted octanol–water partition coefficient (Wildman–Crippen LogP) is 3.47. The first-order chi connectivity index (χ1) is 13.3. The van der Waals surface area contributed by atoms with Crippen molar-refractivity contribution in [1.82, 2.24) is 9.88 Å². The Balaban J connectivity index is 1.60. The molecule has 3 N–H and O–H groups in total. The van der Waals surface area contributed by atoms with Crippen LogP contribution >= 0.6 is 23.2 Å². The second-order valence-electron chi connectivity index (χ2n) is 6.65. The number of benzene rings is 1. The monoisotopic (exact) mass is 423 g/mol. The molecule has 8 nitrogen and oxygen atoms in total. The summed E-state index contributed by atoms with van der Waals surface area (Å²) in [5.74, 6) is -0.475. The van der Waals surface area contributed by atoms with Crippen LogP contribution in [0.4, 0.5) is 11.5 Å². The van der Waals surface area contributed by atoms with Gasteiger partial charge in [0.2, 0.25) is 0 Å². The molecule has 1 amide bonds. The Morgan fingerprint density at radius 2 is 2.00 bits per heavy atom. The van der Waals surface area contributed by atoms with Crippen molar-refractivity contribution in [1.29, 1.82) is 0 Å². The number of carbonyl (C=O) groups is 1. The molecule has 0 radical (unpaired) electrons. The molecule has 1 fully saturated rings. The topological polar surface area (TPSA) is 114 Å². The van der Waals surface area contributed by atoms with E-state index >= 15 is 0 Å². The van der Waals surface area contributed by atoms with Crippen molar-refractivity contribution in [3.05, 3.63) is 61.7 Å². The van der Waals surface area contributed by atoms with E-state index in [-0.39, 0.29) is 23.1 Å². The molecule has 3 rings (SSSR count). The smallest absolute Gasteiger partial charge is 0.288 e. The van der Waals surface area contributed by atoms with Gasteiger partial charge in [-0.1, -0.05) is 29.3 Å². The van der Waals surface area contributed by atoms with Crippen molar-refractivity contribution in [3.8, 4) is 0 Å². The first-order valence-corrected chi connectivity index (χ1v) is 9.46. The Bertz CT molecular complexity index is 901. The van der Waals surface area contributed by atoms with Crippen molar-refractivity contribution in [2.75, 3.05) is 18.4 Å². The highest BCUT2D eigenvalue weighted by Gasteiger charge is 2.23. The molecule has 0 unspecified atom stereocenters. The van der Waals surface area contributed by atoms with E-state index in [1.54, 1.807) is 6.07 Å².